The van der Waals surface area contributed by atoms with Gasteiger partial charge in [0.15, 0.2) is 0 Å². The first-order valence-electron chi connectivity index (χ1n) is 7.87. The highest BCUT2D eigenvalue weighted by Gasteiger charge is 2.16. The highest BCUT2D eigenvalue weighted by atomic mass is 19.1. The Hall–Kier alpha value is -3.35. The van der Waals surface area contributed by atoms with Crippen LogP contribution in [0.2, 0.25) is 0 Å². The Morgan fingerprint density at radius 3 is 2.42 bits per heavy atom. The third-order valence-electron chi connectivity index (χ3n) is 3.71. The van der Waals surface area contributed by atoms with Gasteiger partial charge in [-0.05, 0) is 17.7 Å². The fraction of sp³-hybridized carbons (Fsp3) is 0.105. The van der Waals surface area contributed by atoms with E-state index in [1.807, 2.05) is 30.3 Å². The summed E-state index contributed by atoms with van der Waals surface area (Å²) >= 11 is 0. The SMILES string of the molecule is CN(Cc1ccccc1)C(=O)c1cc(Nc2c(F)cccc2F)ncn1. The van der Waals surface area contributed by atoms with Crippen LogP contribution in [-0.2, 0) is 6.54 Å². The molecule has 0 saturated carbocycles. The molecule has 0 aliphatic rings. The van der Waals surface area contributed by atoms with Crippen LogP contribution in [0.25, 0.3) is 0 Å². The van der Waals surface area contributed by atoms with Crippen molar-refractivity contribution in [2.45, 2.75) is 6.54 Å². The molecule has 132 valence electrons. The first-order chi connectivity index (χ1) is 12.5. The number of hydrogen-bond acceptors (Lipinski definition) is 4. The van der Waals surface area contributed by atoms with Crippen LogP contribution in [0, 0.1) is 11.6 Å². The quantitative estimate of drug-likeness (QED) is 0.758. The average molecular weight is 354 g/mol. The summed E-state index contributed by atoms with van der Waals surface area (Å²) in [5.74, 6) is -1.70. The zero-order valence-electron chi connectivity index (χ0n) is 14.0. The number of hydrogen-bond donors (Lipinski definition) is 1. The van der Waals surface area contributed by atoms with Gasteiger partial charge in [0.1, 0.15) is 35.2 Å². The maximum absolute atomic E-state index is 13.7. The van der Waals surface area contributed by atoms with Crippen molar-refractivity contribution in [2.24, 2.45) is 0 Å². The number of nitrogens with one attached hydrogen (secondary N) is 1. The van der Waals surface area contributed by atoms with Crippen molar-refractivity contribution in [3.8, 4) is 0 Å². The largest absolute Gasteiger partial charge is 0.336 e. The molecule has 0 fully saturated rings. The summed E-state index contributed by atoms with van der Waals surface area (Å²) in [4.78, 5) is 21.9. The average Bonchev–Trinajstić information content (AvgIpc) is 2.65. The van der Waals surface area contributed by atoms with Crippen LogP contribution in [0.4, 0.5) is 20.3 Å². The van der Waals surface area contributed by atoms with Crippen LogP contribution >= 0.6 is 0 Å². The number of benzene rings is 2. The Kier molecular flexibility index (Phi) is 5.17. The smallest absolute Gasteiger partial charge is 0.272 e. The van der Waals surface area contributed by atoms with Gasteiger partial charge in [0.05, 0.1) is 0 Å². The van der Waals surface area contributed by atoms with Crippen molar-refractivity contribution >= 4 is 17.4 Å². The number of carbonyl (C=O) groups excluding carboxylic acids is 1. The Balaban J connectivity index is 1.77. The molecule has 0 atom stereocenters. The fourth-order valence-electron chi connectivity index (χ4n) is 2.41. The lowest BCUT2D eigenvalue weighted by atomic mass is 10.2. The first kappa shape index (κ1) is 17.5. The van der Waals surface area contributed by atoms with E-state index in [9.17, 15) is 13.6 Å². The third kappa shape index (κ3) is 4.00. The minimum atomic E-state index is -0.752. The maximum Gasteiger partial charge on any atom is 0.272 e. The van der Waals surface area contributed by atoms with E-state index >= 15 is 0 Å². The second-order valence-corrected chi connectivity index (χ2v) is 5.66. The van der Waals surface area contributed by atoms with E-state index in [0.717, 1.165) is 17.7 Å². The zero-order chi connectivity index (χ0) is 18.5. The molecule has 1 amide bonds. The number of nitrogens with zero attached hydrogens (tertiary/aromatic N) is 3. The molecule has 26 heavy (non-hydrogen) atoms. The van der Waals surface area contributed by atoms with E-state index in [1.54, 1.807) is 7.05 Å². The van der Waals surface area contributed by atoms with Crippen LogP contribution in [0.3, 0.4) is 0 Å². The van der Waals surface area contributed by atoms with Crippen molar-refractivity contribution in [2.75, 3.05) is 12.4 Å². The van der Waals surface area contributed by atoms with E-state index < -0.39 is 11.6 Å². The molecule has 3 rings (SSSR count). The van der Waals surface area contributed by atoms with Gasteiger partial charge in [-0.3, -0.25) is 4.79 Å². The monoisotopic (exact) mass is 354 g/mol. The number of para-hydroxylation sites is 1. The predicted molar refractivity (Wildman–Crippen MR) is 93.9 cm³/mol. The van der Waals surface area contributed by atoms with Crippen LogP contribution < -0.4 is 5.32 Å². The number of halogens is 2. The second-order valence-electron chi connectivity index (χ2n) is 5.66. The van der Waals surface area contributed by atoms with Gasteiger partial charge in [-0.1, -0.05) is 36.4 Å². The molecule has 0 saturated heterocycles. The number of rotatable bonds is 5. The molecule has 1 aromatic heterocycles. The van der Waals surface area contributed by atoms with Gasteiger partial charge in [-0.15, -0.1) is 0 Å². The molecule has 0 bridgehead atoms. The predicted octanol–water partition coefficient (Wildman–Crippen LogP) is 3.77. The summed E-state index contributed by atoms with van der Waals surface area (Å²) in [6, 6.07) is 14.4. The molecule has 1 heterocycles. The Morgan fingerprint density at radius 2 is 1.73 bits per heavy atom. The third-order valence-corrected chi connectivity index (χ3v) is 3.71. The molecular formula is C19H16F2N4O. The summed E-state index contributed by atoms with van der Waals surface area (Å²) in [5.41, 5.74) is 0.768. The molecule has 2 aromatic carbocycles. The highest BCUT2D eigenvalue weighted by Crippen LogP contribution is 2.22. The highest BCUT2D eigenvalue weighted by molar-refractivity contribution is 5.92. The van der Waals surface area contributed by atoms with Gasteiger partial charge in [-0.25, -0.2) is 18.7 Å². The van der Waals surface area contributed by atoms with Gasteiger partial charge in [0.25, 0.3) is 5.91 Å². The van der Waals surface area contributed by atoms with E-state index in [4.69, 9.17) is 0 Å². The van der Waals surface area contributed by atoms with E-state index in [2.05, 4.69) is 15.3 Å². The summed E-state index contributed by atoms with van der Waals surface area (Å²) < 4.78 is 27.5. The van der Waals surface area contributed by atoms with Crippen molar-refractivity contribution in [1.82, 2.24) is 14.9 Å². The van der Waals surface area contributed by atoms with Gasteiger partial charge in [0, 0.05) is 19.7 Å². The standard InChI is InChI=1S/C19H16F2N4O/c1-25(11-13-6-3-2-4-7-13)19(26)16-10-17(23-12-22-16)24-18-14(20)8-5-9-15(18)21/h2-10,12H,11H2,1H3,(H,22,23,24). The van der Waals surface area contributed by atoms with Crippen LogP contribution in [0.1, 0.15) is 16.1 Å². The molecule has 0 unspecified atom stereocenters. The molecule has 3 aromatic rings. The Labute approximate surface area is 149 Å². The number of anilines is 2. The van der Waals surface area contributed by atoms with Gasteiger partial charge < -0.3 is 10.2 Å². The van der Waals surface area contributed by atoms with Crippen LogP contribution in [0.15, 0.2) is 60.9 Å². The number of carbonyl (C=O) groups is 1. The lowest BCUT2D eigenvalue weighted by Crippen LogP contribution is -2.27. The summed E-state index contributed by atoms with van der Waals surface area (Å²) in [5, 5.41) is 2.55. The van der Waals surface area contributed by atoms with Crippen LogP contribution in [0.5, 0.6) is 0 Å². The maximum atomic E-state index is 13.7. The van der Waals surface area contributed by atoms with Crippen molar-refractivity contribution in [3.63, 3.8) is 0 Å². The molecule has 0 radical (unpaired) electrons. The van der Waals surface area contributed by atoms with E-state index in [-0.39, 0.29) is 23.1 Å². The lowest BCUT2D eigenvalue weighted by molar-refractivity contribution is 0.0779. The number of aromatic nitrogens is 2. The molecule has 1 N–H and O–H groups in total. The van der Waals surface area contributed by atoms with E-state index in [0.29, 0.717) is 6.54 Å². The molecule has 5 nitrogen and oxygen atoms in total. The van der Waals surface area contributed by atoms with Crippen molar-refractivity contribution in [1.29, 1.82) is 0 Å². The molecule has 0 spiro atoms. The molecular weight excluding hydrogens is 338 g/mol. The van der Waals surface area contributed by atoms with Crippen LogP contribution in [-0.4, -0.2) is 27.8 Å². The second kappa shape index (κ2) is 7.69. The minimum Gasteiger partial charge on any atom is -0.336 e. The first-order valence-corrected chi connectivity index (χ1v) is 7.87. The number of amides is 1. The molecule has 0 aliphatic carbocycles. The van der Waals surface area contributed by atoms with E-state index in [1.165, 1.54) is 23.4 Å². The Bertz CT molecular complexity index is 898. The van der Waals surface area contributed by atoms with Crippen molar-refractivity contribution in [3.05, 3.63) is 83.8 Å². The summed E-state index contributed by atoms with van der Waals surface area (Å²) in [6.07, 6.45) is 1.17. The zero-order valence-corrected chi connectivity index (χ0v) is 14.0. The fourth-order valence-corrected chi connectivity index (χ4v) is 2.41. The summed E-state index contributed by atoms with van der Waals surface area (Å²) in [7, 11) is 1.65. The van der Waals surface area contributed by atoms with Gasteiger partial charge in [0.2, 0.25) is 0 Å². The lowest BCUT2D eigenvalue weighted by Gasteiger charge is -2.17. The molecule has 7 heteroatoms. The van der Waals surface area contributed by atoms with Gasteiger partial charge >= 0.3 is 0 Å². The van der Waals surface area contributed by atoms with Gasteiger partial charge in [-0.2, -0.15) is 0 Å². The topological polar surface area (TPSA) is 58.1 Å². The minimum absolute atomic E-state index is 0.123. The van der Waals surface area contributed by atoms with Crippen molar-refractivity contribution < 1.29 is 13.6 Å². The summed E-state index contributed by atoms with van der Waals surface area (Å²) in [6.45, 7) is 0.411. The Morgan fingerprint density at radius 1 is 1.04 bits per heavy atom. The normalized spacial score (nSPS) is 10.4. The molecule has 0 aliphatic heterocycles.